The standard InChI is InChI=1S/C20H24N2O5/c1-21-18(12-13-26-16-8-6-15(7-9-16)19(23)24)14-4-10-17(11-5-14)27-20(25)22(2)3/h4-11,18,21H,12-13H2,1-3H3,(H,23,24). The third-order valence-electron chi connectivity index (χ3n) is 3.98. The first-order valence-corrected chi connectivity index (χ1v) is 8.53. The lowest BCUT2D eigenvalue weighted by molar-refractivity contribution is 0.0696. The minimum atomic E-state index is -0.962. The van der Waals surface area contributed by atoms with Gasteiger partial charge in [0.05, 0.1) is 12.2 Å². The molecule has 0 aliphatic carbocycles. The molecule has 1 unspecified atom stereocenters. The molecule has 0 aliphatic rings. The van der Waals surface area contributed by atoms with E-state index in [1.54, 1.807) is 38.4 Å². The summed E-state index contributed by atoms with van der Waals surface area (Å²) in [7, 11) is 5.12. The molecule has 0 bridgehead atoms. The Hall–Kier alpha value is -3.06. The number of aromatic carboxylic acids is 1. The van der Waals surface area contributed by atoms with Crippen molar-refractivity contribution in [1.82, 2.24) is 10.2 Å². The first-order valence-electron chi connectivity index (χ1n) is 8.53. The second-order valence-corrected chi connectivity index (χ2v) is 6.14. The SMILES string of the molecule is CNC(CCOc1ccc(C(=O)O)cc1)c1ccc(OC(=O)N(C)C)cc1. The van der Waals surface area contributed by atoms with Crippen LogP contribution in [0.4, 0.5) is 4.79 Å². The van der Waals surface area contributed by atoms with Gasteiger partial charge in [0.15, 0.2) is 0 Å². The largest absolute Gasteiger partial charge is 0.494 e. The summed E-state index contributed by atoms with van der Waals surface area (Å²) >= 11 is 0. The average molecular weight is 372 g/mol. The van der Waals surface area contributed by atoms with Crippen LogP contribution < -0.4 is 14.8 Å². The summed E-state index contributed by atoms with van der Waals surface area (Å²) in [6.45, 7) is 0.468. The summed E-state index contributed by atoms with van der Waals surface area (Å²) in [6, 6.07) is 13.7. The van der Waals surface area contributed by atoms with Crippen LogP contribution in [0.25, 0.3) is 0 Å². The van der Waals surface area contributed by atoms with E-state index in [2.05, 4.69) is 5.32 Å². The van der Waals surface area contributed by atoms with Gasteiger partial charge in [0.1, 0.15) is 11.5 Å². The monoisotopic (exact) mass is 372 g/mol. The molecule has 7 heteroatoms. The van der Waals surface area contributed by atoms with Crippen LogP contribution in [0.3, 0.4) is 0 Å². The van der Waals surface area contributed by atoms with Gasteiger partial charge >= 0.3 is 12.1 Å². The molecule has 144 valence electrons. The molecule has 0 aliphatic heterocycles. The number of carboxylic acid groups (broad SMARTS) is 1. The highest BCUT2D eigenvalue weighted by Crippen LogP contribution is 2.21. The van der Waals surface area contributed by atoms with Crippen LogP contribution >= 0.6 is 0 Å². The Balaban J connectivity index is 1.89. The zero-order chi connectivity index (χ0) is 19.8. The fourth-order valence-electron chi connectivity index (χ4n) is 2.43. The summed E-state index contributed by atoms with van der Waals surface area (Å²) < 4.78 is 10.9. The van der Waals surface area contributed by atoms with E-state index in [0.29, 0.717) is 24.5 Å². The van der Waals surface area contributed by atoms with E-state index < -0.39 is 12.1 Å². The maximum absolute atomic E-state index is 11.6. The molecule has 7 nitrogen and oxygen atoms in total. The van der Waals surface area contributed by atoms with Crippen LogP contribution in [-0.2, 0) is 0 Å². The van der Waals surface area contributed by atoms with Crippen LogP contribution in [0, 0.1) is 0 Å². The molecule has 0 radical (unpaired) electrons. The molecule has 0 fully saturated rings. The Morgan fingerprint density at radius 1 is 1.04 bits per heavy atom. The quantitative estimate of drug-likeness (QED) is 0.740. The number of amides is 1. The minimum Gasteiger partial charge on any atom is -0.494 e. The van der Waals surface area contributed by atoms with E-state index in [4.69, 9.17) is 14.6 Å². The van der Waals surface area contributed by atoms with Crippen LogP contribution in [0.5, 0.6) is 11.5 Å². The number of nitrogens with one attached hydrogen (secondary N) is 1. The average Bonchev–Trinajstić information content (AvgIpc) is 2.66. The molecule has 0 saturated carbocycles. The predicted octanol–water partition coefficient (Wildman–Crippen LogP) is 3.17. The topological polar surface area (TPSA) is 88.1 Å². The number of carboxylic acids is 1. The molecule has 0 saturated heterocycles. The predicted molar refractivity (Wildman–Crippen MR) is 101 cm³/mol. The molecule has 2 aromatic rings. The van der Waals surface area contributed by atoms with E-state index in [1.807, 2.05) is 19.2 Å². The van der Waals surface area contributed by atoms with Gasteiger partial charge in [0.2, 0.25) is 0 Å². The first kappa shape index (κ1) is 20.3. The van der Waals surface area contributed by atoms with Crippen LogP contribution in [-0.4, -0.2) is 49.8 Å². The highest BCUT2D eigenvalue weighted by Gasteiger charge is 2.11. The van der Waals surface area contributed by atoms with E-state index in [-0.39, 0.29) is 11.6 Å². The van der Waals surface area contributed by atoms with Gasteiger partial charge in [-0.15, -0.1) is 0 Å². The summed E-state index contributed by atoms with van der Waals surface area (Å²) in [5, 5.41) is 12.1. The van der Waals surface area contributed by atoms with Crippen molar-refractivity contribution in [2.75, 3.05) is 27.7 Å². The Bertz CT molecular complexity index is 757. The van der Waals surface area contributed by atoms with Gasteiger partial charge < -0.3 is 24.8 Å². The third kappa shape index (κ3) is 6.00. The highest BCUT2D eigenvalue weighted by molar-refractivity contribution is 5.87. The van der Waals surface area contributed by atoms with Gasteiger partial charge in [-0.25, -0.2) is 9.59 Å². The maximum atomic E-state index is 11.6. The Kier molecular flexibility index (Phi) is 7.19. The Morgan fingerprint density at radius 3 is 2.15 bits per heavy atom. The fourth-order valence-corrected chi connectivity index (χ4v) is 2.43. The number of hydrogen-bond donors (Lipinski definition) is 2. The van der Waals surface area contributed by atoms with Gasteiger partial charge in [-0.05, 0) is 49.0 Å². The summed E-state index contributed by atoms with van der Waals surface area (Å²) in [5.41, 5.74) is 1.28. The number of nitrogens with zero attached hydrogens (tertiary/aromatic N) is 1. The lowest BCUT2D eigenvalue weighted by atomic mass is 10.0. The van der Waals surface area contributed by atoms with Crippen molar-refractivity contribution >= 4 is 12.1 Å². The zero-order valence-electron chi connectivity index (χ0n) is 15.6. The van der Waals surface area contributed by atoms with Gasteiger partial charge in [-0.2, -0.15) is 0 Å². The van der Waals surface area contributed by atoms with Gasteiger partial charge in [-0.1, -0.05) is 12.1 Å². The molecular weight excluding hydrogens is 348 g/mol. The zero-order valence-corrected chi connectivity index (χ0v) is 15.6. The number of carbonyl (C=O) groups excluding carboxylic acids is 1. The molecule has 0 aromatic heterocycles. The second-order valence-electron chi connectivity index (χ2n) is 6.14. The van der Waals surface area contributed by atoms with Gasteiger partial charge in [-0.3, -0.25) is 0 Å². The van der Waals surface area contributed by atoms with Crippen molar-refractivity contribution in [2.24, 2.45) is 0 Å². The minimum absolute atomic E-state index is 0.0712. The molecule has 0 spiro atoms. The summed E-state index contributed by atoms with van der Waals surface area (Å²) in [4.78, 5) is 23.8. The molecule has 1 atom stereocenters. The normalized spacial score (nSPS) is 11.5. The number of carbonyl (C=O) groups is 2. The van der Waals surface area contributed by atoms with Gasteiger partial charge in [0.25, 0.3) is 0 Å². The molecule has 2 aromatic carbocycles. The molecule has 1 amide bonds. The fraction of sp³-hybridized carbons (Fsp3) is 0.300. The number of hydrogen-bond acceptors (Lipinski definition) is 5. The summed E-state index contributed by atoms with van der Waals surface area (Å²) in [5.74, 6) is 0.152. The van der Waals surface area contributed by atoms with Crippen molar-refractivity contribution in [1.29, 1.82) is 0 Å². The Morgan fingerprint density at radius 2 is 1.63 bits per heavy atom. The Labute approximate surface area is 158 Å². The highest BCUT2D eigenvalue weighted by atomic mass is 16.6. The van der Waals surface area contributed by atoms with Crippen molar-refractivity contribution in [3.63, 3.8) is 0 Å². The molecule has 27 heavy (non-hydrogen) atoms. The lowest BCUT2D eigenvalue weighted by Gasteiger charge is -2.18. The van der Waals surface area contributed by atoms with Crippen molar-refractivity contribution in [2.45, 2.75) is 12.5 Å². The number of ether oxygens (including phenoxy) is 2. The smallest absolute Gasteiger partial charge is 0.414 e. The van der Waals surface area contributed by atoms with Gasteiger partial charge in [0, 0.05) is 26.6 Å². The molecule has 2 rings (SSSR count). The second kappa shape index (κ2) is 9.59. The van der Waals surface area contributed by atoms with E-state index in [0.717, 1.165) is 5.56 Å². The number of rotatable bonds is 8. The van der Waals surface area contributed by atoms with E-state index >= 15 is 0 Å². The maximum Gasteiger partial charge on any atom is 0.414 e. The lowest BCUT2D eigenvalue weighted by Crippen LogP contribution is -2.25. The van der Waals surface area contributed by atoms with Crippen molar-refractivity contribution in [3.05, 3.63) is 59.7 Å². The van der Waals surface area contributed by atoms with Crippen molar-refractivity contribution < 1.29 is 24.2 Å². The first-order chi connectivity index (χ1) is 12.9. The van der Waals surface area contributed by atoms with Crippen LogP contribution in [0.15, 0.2) is 48.5 Å². The molecule has 0 heterocycles. The van der Waals surface area contributed by atoms with E-state index in [1.165, 1.54) is 17.0 Å². The molecular formula is C20H24N2O5. The van der Waals surface area contributed by atoms with Crippen LogP contribution in [0.2, 0.25) is 0 Å². The summed E-state index contributed by atoms with van der Waals surface area (Å²) in [6.07, 6.45) is 0.295. The van der Waals surface area contributed by atoms with Crippen molar-refractivity contribution in [3.8, 4) is 11.5 Å². The number of benzene rings is 2. The third-order valence-corrected chi connectivity index (χ3v) is 3.98. The van der Waals surface area contributed by atoms with E-state index in [9.17, 15) is 9.59 Å². The van der Waals surface area contributed by atoms with Crippen LogP contribution in [0.1, 0.15) is 28.4 Å². The molecule has 2 N–H and O–H groups in total.